The number of rotatable bonds is 4. The highest BCUT2D eigenvalue weighted by Gasteiger charge is 2.21. The largest absolute Gasteiger partial charge is 0.493 e. The van der Waals surface area contributed by atoms with E-state index in [1.54, 1.807) is 0 Å². The van der Waals surface area contributed by atoms with Crippen LogP contribution >= 0.6 is 0 Å². The lowest BCUT2D eigenvalue weighted by molar-refractivity contribution is 0.312. The van der Waals surface area contributed by atoms with Crippen molar-refractivity contribution < 1.29 is 4.74 Å². The molecule has 0 fully saturated rings. The molecular weight excluding hydrogens is 222 g/mol. The molecule has 1 heterocycles. The van der Waals surface area contributed by atoms with Crippen molar-refractivity contribution in [2.45, 2.75) is 45.2 Å². The molecule has 2 atom stereocenters. The van der Waals surface area contributed by atoms with E-state index in [1.165, 1.54) is 11.1 Å². The summed E-state index contributed by atoms with van der Waals surface area (Å²) in [6.45, 7) is 8.96. The summed E-state index contributed by atoms with van der Waals surface area (Å²) in [5.74, 6) is 1.08. The highest BCUT2D eigenvalue weighted by atomic mass is 16.5. The highest BCUT2D eigenvalue weighted by Crippen LogP contribution is 2.34. The van der Waals surface area contributed by atoms with Gasteiger partial charge in [0, 0.05) is 17.6 Å². The van der Waals surface area contributed by atoms with Crippen molar-refractivity contribution in [2.24, 2.45) is 0 Å². The standard InChI is InChI=1S/C16H23NO/c1-4-7-13(3)17-15-10-6-11-18-16-12(2)8-5-9-14(15)16/h4-5,8-9,13,15,17H,1,6-7,10-11H2,2-3H3. The first kappa shape index (κ1) is 13.2. The topological polar surface area (TPSA) is 21.3 Å². The van der Waals surface area contributed by atoms with E-state index in [0.29, 0.717) is 12.1 Å². The van der Waals surface area contributed by atoms with Gasteiger partial charge in [0.25, 0.3) is 0 Å². The Morgan fingerprint density at radius 1 is 1.56 bits per heavy atom. The molecule has 0 saturated heterocycles. The van der Waals surface area contributed by atoms with Gasteiger partial charge in [0.2, 0.25) is 0 Å². The summed E-state index contributed by atoms with van der Waals surface area (Å²) in [5.41, 5.74) is 2.54. The van der Waals surface area contributed by atoms with E-state index in [-0.39, 0.29) is 0 Å². The predicted molar refractivity (Wildman–Crippen MR) is 76.1 cm³/mol. The minimum Gasteiger partial charge on any atom is -0.493 e. The third-order valence-electron chi connectivity index (χ3n) is 3.51. The predicted octanol–water partition coefficient (Wildman–Crippen LogP) is 3.76. The van der Waals surface area contributed by atoms with Crippen LogP contribution in [0.3, 0.4) is 0 Å². The van der Waals surface area contributed by atoms with Crippen LogP contribution in [0.25, 0.3) is 0 Å². The van der Waals surface area contributed by atoms with Crippen molar-refractivity contribution >= 4 is 0 Å². The number of benzene rings is 1. The molecule has 2 unspecified atom stereocenters. The van der Waals surface area contributed by atoms with Gasteiger partial charge in [-0.15, -0.1) is 6.58 Å². The Bertz CT molecular complexity index is 414. The Labute approximate surface area is 110 Å². The van der Waals surface area contributed by atoms with Crippen LogP contribution in [0.1, 0.15) is 43.4 Å². The van der Waals surface area contributed by atoms with Gasteiger partial charge in [0.1, 0.15) is 5.75 Å². The molecule has 2 nitrogen and oxygen atoms in total. The van der Waals surface area contributed by atoms with E-state index >= 15 is 0 Å². The van der Waals surface area contributed by atoms with Crippen LogP contribution in [0.2, 0.25) is 0 Å². The first-order valence-electron chi connectivity index (χ1n) is 6.81. The van der Waals surface area contributed by atoms with Crippen LogP contribution in [0.5, 0.6) is 5.75 Å². The minimum atomic E-state index is 0.400. The Kier molecular flexibility index (Phi) is 4.43. The van der Waals surface area contributed by atoms with E-state index in [4.69, 9.17) is 4.74 Å². The van der Waals surface area contributed by atoms with Gasteiger partial charge in [-0.05, 0) is 38.7 Å². The summed E-state index contributed by atoms with van der Waals surface area (Å²) in [5, 5.41) is 3.69. The van der Waals surface area contributed by atoms with Gasteiger partial charge in [-0.1, -0.05) is 24.3 Å². The van der Waals surface area contributed by atoms with Crippen LogP contribution in [0.15, 0.2) is 30.9 Å². The summed E-state index contributed by atoms with van der Waals surface area (Å²) >= 11 is 0. The first-order valence-corrected chi connectivity index (χ1v) is 6.81. The van der Waals surface area contributed by atoms with Crippen molar-refractivity contribution in [1.29, 1.82) is 0 Å². The minimum absolute atomic E-state index is 0.400. The lowest BCUT2D eigenvalue weighted by Crippen LogP contribution is -2.30. The molecule has 0 amide bonds. The van der Waals surface area contributed by atoms with Crippen molar-refractivity contribution in [1.82, 2.24) is 5.32 Å². The zero-order chi connectivity index (χ0) is 13.0. The molecule has 1 aromatic rings. The number of nitrogens with one attached hydrogen (secondary N) is 1. The number of fused-ring (bicyclic) bond motifs is 1. The van der Waals surface area contributed by atoms with Gasteiger partial charge < -0.3 is 10.1 Å². The fraction of sp³-hybridized carbons (Fsp3) is 0.500. The summed E-state index contributed by atoms with van der Waals surface area (Å²) in [6.07, 6.45) is 5.21. The Hall–Kier alpha value is -1.28. The van der Waals surface area contributed by atoms with Gasteiger partial charge in [0.15, 0.2) is 0 Å². The number of hydrogen-bond donors (Lipinski definition) is 1. The third-order valence-corrected chi connectivity index (χ3v) is 3.51. The summed E-state index contributed by atoms with van der Waals surface area (Å²) in [6, 6.07) is 7.28. The summed E-state index contributed by atoms with van der Waals surface area (Å²) in [7, 11) is 0. The van der Waals surface area contributed by atoms with E-state index in [2.05, 4.69) is 43.9 Å². The molecule has 1 N–H and O–H groups in total. The van der Waals surface area contributed by atoms with E-state index in [9.17, 15) is 0 Å². The lowest BCUT2D eigenvalue weighted by atomic mass is 9.98. The summed E-state index contributed by atoms with van der Waals surface area (Å²) < 4.78 is 5.89. The van der Waals surface area contributed by atoms with Crippen LogP contribution in [-0.4, -0.2) is 12.6 Å². The second kappa shape index (κ2) is 6.05. The van der Waals surface area contributed by atoms with Gasteiger partial charge in [-0.3, -0.25) is 0 Å². The molecule has 1 aromatic carbocycles. The van der Waals surface area contributed by atoms with E-state index in [0.717, 1.165) is 31.6 Å². The molecule has 0 bridgehead atoms. The number of para-hydroxylation sites is 1. The van der Waals surface area contributed by atoms with Gasteiger partial charge in [0.05, 0.1) is 6.61 Å². The zero-order valence-electron chi connectivity index (χ0n) is 11.4. The van der Waals surface area contributed by atoms with E-state index < -0.39 is 0 Å². The lowest BCUT2D eigenvalue weighted by Gasteiger charge is -2.23. The fourth-order valence-corrected chi connectivity index (χ4v) is 2.60. The zero-order valence-corrected chi connectivity index (χ0v) is 11.4. The average Bonchev–Trinajstić information content (AvgIpc) is 2.54. The smallest absolute Gasteiger partial charge is 0.126 e. The molecule has 1 aliphatic rings. The fourth-order valence-electron chi connectivity index (χ4n) is 2.60. The SMILES string of the molecule is C=CCC(C)NC1CCCOc2c(C)cccc21. The van der Waals surface area contributed by atoms with Crippen molar-refractivity contribution in [3.05, 3.63) is 42.0 Å². The summed E-state index contributed by atoms with van der Waals surface area (Å²) in [4.78, 5) is 0. The highest BCUT2D eigenvalue weighted by molar-refractivity contribution is 5.43. The Balaban J connectivity index is 2.21. The molecule has 2 rings (SSSR count). The van der Waals surface area contributed by atoms with Crippen LogP contribution in [0, 0.1) is 6.92 Å². The van der Waals surface area contributed by atoms with Crippen LogP contribution in [0.4, 0.5) is 0 Å². The van der Waals surface area contributed by atoms with Gasteiger partial charge in [-0.25, -0.2) is 0 Å². The molecule has 18 heavy (non-hydrogen) atoms. The molecular formula is C16H23NO. The number of hydrogen-bond acceptors (Lipinski definition) is 2. The Morgan fingerprint density at radius 3 is 3.17 bits per heavy atom. The van der Waals surface area contributed by atoms with Crippen LogP contribution in [-0.2, 0) is 0 Å². The molecule has 0 aliphatic carbocycles. The van der Waals surface area contributed by atoms with Crippen molar-refractivity contribution in [3.8, 4) is 5.75 Å². The second-order valence-corrected chi connectivity index (χ2v) is 5.13. The maximum Gasteiger partial charge on any atom is 0.126 e. The molecule has 1 aliphatic heterocycles. The molecule has 0 aromatic heterocycles. The van der Waals surface area contributed by atoms with Gasteiger partial charge in [-0.2, -0.15) is 0 Å². The molecule has 0 spiro atoms. The maximum atomic E-state index is 5.89. The quantitative estimate of drug-likeness (QED) is 0.815. The Morgan fingerprint density at radius 2 is 2.39 bits per heavy atom. The average molecular weight is 245 g/mol. The van der Waals surface area contributed by atoms with Crippen molar-refractivity contribution in [3.63, 3.8) is 0 Å². The maximum absolute atomic E-state index is 5.89. The molecule has 0 radical (unpaired) electrons. The molecule has 98 valence electrons. The van der Waals surface area contributed by atoms with Crippen molar-refractivity contribution in [2.75, 3.05) is 6.61 Å². The van der Waals surface area contributed by atoms with E-state index in [1.807, 2.05) is 6.08 Å². The monoisotopic (exact) mass is 245 g/mol. The molecule has 2 heteroatoms. The second-order valence-electron chi connectivity index (χ2n) is 5.13. The van der Waals surface area contributed by atoms with Crippen LogP contribution < -0.4 is 10.1 Å². The third kappa shape index (κ3) is 2.94. The number of aryl methyl sites for hydroxylation is 1. The number of ether oxygens (including phenoxy) is 1. The molecule has 0 saturated carbocycles. The first-order chi connectivity index (χ1) is 8.72. The van der Waals surface area contributed by atoms with Gasteiger partial charge >= 0.3 is 0 Å². The normalized spacial score (nSPS) is 20.4.